The van der Waals surface area contributed by atoms with E-state index >= 15 is 0 Å². The van der Waals surface area contributed by atoms with E-state index in [2.05, 4.69) is 31.0 Å². The zero-order chi connectivity index (χ0) is 14.7. The molecule has 20 heavy (non-hydrogen) atoms. The van der Waals surface area contributed by atoms with Gasteiger partial charge in [0.2, 0.25) is 0 Å². The minimum Gasteiger partial charge on any atom is -0.465 e. The van der Waals surface area contributed by atoms with E-state index < -0.39 is 5.97 Å². The number of carbonyl (C=O) groups is 1. The molecule has 2 rings (SSSR count). The van der Waals surface area contributed by atoms with Crippen LogP contribution >= 0.6 is 15.9 Å². The maximum absolute atomic E-state index is 13.2. The number of nitrogens with two attached hydrogens (primary N) is 1. The zero-order valence-electron chi connectivity index (χ0n) is 10.5. The first-order chi connectivity index (χ1) is 9.51. The highest BCUT2D eigenvalue weighted by Crippen LogP contribution is 2.25. The number of hydrogen-bond acceptors (Lipinski definition) is 5. The lowest BCUT2D eigenvalue weighted by atomic mass is 10.2. The Morgan fingerprint density at radius 1 is 1.45 bits per heavy atom. The molecule has 0 saturated heterocycles. The van der Waals surface area contributed by atoms with E-state index in [4.69, 9.17) is 5.73 Å². The number of nitrogens with one attached hydrogen (secondary N) is 1. The lowest BCUT2D eigenvalue weighted by Gasteiger charge is -2.10. The Balaban J connectivity index is 2.37. The number of hydrogen-bond donors (Lipinski definition) is 2. The summed E-state index contributed by atoms with van der Waals surface area (Å²) >= 11 is 3.09. The van der Waals surface area contributed by atoms with Crippen molar-refractivity contribution in [3.8, 4) is 0 Å². The number of pyridine rings is 1. The number of nitrogen functional groups attached to an aromatic ring is 1. The van der Waals surface area contributed by atoms with Gasteiger partial charge in [0.15, 0.2) is 0 Å². The van der Waals surface area contributed by atoms with Crippen LogP contribution < -0.4 is 11.1 Å². The van der Waals surface area contributed by atoms with Crippen LogP contribution in [0.5, 0.6) is 0 Å². The van der Waals surface area contributed by atoms with Gasteiger partial charge in [0.25, 0.3) is 0 Å². The van der Waals surface area contributed by atoms with Crippen LogP contribution in [-0.4, -0.2) is 18.1 Å². The number of ether oxygens (including phenoxy) is 1. The summed E-state index contributed by atoms with van der Waals surface area (Å²) in [5.74, 6) is -0.660. The first-order valence-corrected chi connectivity index (χ1v) is 6.36. The van der Waals surface area contributed by atoms with Gasteiger partial charge in [0, 0.05) is 5.69 Å². The molecule has 7 heteroatoms. The summed E-state index contributed by atoms with van der Waals surface area (Å²) in [5, 5.41) is 2.92. The number of esters is 1. The molecule has 0 atom stereocenters. The highest BCUT2D eigenvalue weighted by Gasteiger charge is 2.14. The maximum atomic E-state index is 13.2. The number of nitrogens with zero attached hydrogens (tertiary/aromatic N) is 1. The van der Waals surface area contributed by atoms with Crippen LogP contribution in [0.15, 0.2) is 34.9 Å². The Bertz CT molecular complexity index is 664. The van der Waals surface area contributed by atoms with Gasteiger partial charge in [0.1, 0.15) is 17.2 Å². The molecule has 104 valence electrons. The van der Waals surface area contributed by atoms with Crippen LogP contribution in [0.2, 0.25) is 0 Å². The summed E-state index contributed by atoms with van der Waals surface area (Å²) in [4.78, 5) is 15.7. The highest BCUT2D eigenvalue weighted by molar-refractivity contribution is 9.10. The average molecular weight is 340 g/mol. The van der Waals surface area contributed by atoms with Crippen LogP contribution in [0.3, 0.4) is 0 Å². The number of anilines is 3. The molecule has 0 aliphatic heterocycles. The fourth-order valence-corrected chi connectivity index (χ4v) is 1.94. The van der Waals surface area contributed by atoms with Gasteiger partial charge in [-0.25, -0.2) is 14.2 Å². The summed E-state index contributed by atoms with van der Waals surface area (Å²) in [5.41, 5.74) is 6.72. The van der Waals surface area contributed by atoms with Crippen molar-refractivity contribution < 1.29 is 13.9 Å². The molecule has 0 aliphatic carbocycles. The molecule has 0 fully saturated rings. The van der Waals surface area contributed by atoms with E-state index in [1.54, 1.807) is 0 Å². The van der Waals surface area contributed by atoms with Crippen LogP contribution in [0.1, 0.15) is 10.4 Å². The Kier molecular flexibility index (Phi) is 4.19. The molecule has 0 saturated carbocycles. The summed E-state index contributed by atoms with van der Waals surface area (Å²) in [7, 11) is 1.27. The number of methoxy groups -OCH3 is 1. The Labute approximate surface area is 123 Å². The van der Waals surface area contributed by atoms with E-state index in [-0.39, 0.29) is 17.2 Å². The Morgan fingerprint density at radius 3 is 2.85 bits per heavy atom. The maximum Gasteiger partial charge on any atom is 0.341 e. The van der Waals surface area contributed by atoms with E-state index in [0.29, 0.717) is 15.8 Å². The van der Waals surface area contributed by atoms with Gasteiger partial charge in [-0.2, -0.15) is 0 Å². The lowest BCUT2D eigenvalue weighted by Crippen LogP contribution is -2.08. The second-order valence-electron chi connectivity index (χ2n) is 3.91. The number of rotatable bonds is 3. The molecule has 0 radical (unpaired) electrons. The molecule has 2 aromatic rings. The van der Waals surface area contributed by atoms with Crippen molar-refractivity contribution in [2.24, 2.45) is 0 Å². The summed E-state index contributed by atoms with van der Waals surface area (Å²) < 4.78 is 18.1. The fourth-order valence-electron chi connectivity index (χ4n) is 1.56. The van der Waals surface area contributed by atoms with Crippen LogP contribution in [0, 0.1) is 5.82 Å². The van der Waals surface area contributed by atoms with Crippen LogP contribution in [0.4, 0.5) is 21.6 Å². The number of benzene rings is 1. The third-order valence-electron chi connectivity index (χ3n) is 2.50. The smallest absolute Gasteiger partial charge is 0.341 e. The van der Waals surface area contributed by atoms with Crippen LogP contribution in [-0.2, 0) is 4.74 Å². The van der Waals surface area contributed by atoms with Gasteiger partial charge in [-0.3, -0.25) is 0 Å². The quantitative estimate of drug-likeness (QED) is 0.840. The fraction of sp³-hybridized carbons (Fsp3) is 0.0769. The van der Waals surface area contributed by atoms with E-state index in [0.717, 1.165) is 0 Å². The van der Waals surface area contributed by atoms with E-state index in [1.165, 1.54) is 37.6 Å². The summed E-state index contributed by atoms with van der Waals surface area (Å²) in [6.45, 7) is 0. The van der Waals surface area contributed by atoms with Crippen molar-refractivity contribution in [1.29, 1.82) is 0 Å². The van der Waals surface area contributed by atoms with E-state index in [9.17, 15) is 9.18 Å². The first-order valence-electron chi connectivity index (χ1n) is 5.57. The predicted octanol–water partition coefficient (Wildman–Crippen LogP) is 3.10. The molecule has 0 amide bonds. The molecule has 0 spiro atoms. The third-order valence-corrected chi connectivity index (χ3v) is 3.10. The molecule has 1 aromatic heterocycles. The predicted molar refractivity (Wildman–Crippen MR) is 77.4 cm³/mol. The van der Waals surface area contributed by atoms with Gasteiger partial charge in [-0.15, -0.1) is 0 Å². The zero-order valence-corrected chi connectivity index (χ0v) is 12.1. The highest BCUT2D eigenvalue weighted by atomic mass is 79.9. The molecule has 0 aliphatic rings. The van der Waals surface area contributed by atoms with Crippen LogP contribution in [0.25, 0.3) is 0 Å². The SMILES string of the molecule is COC(=O)c1cc(N)cnc1Nc1ccc(F)c(Br)c1. The molecule has 3 N–H and O–H groups in total. The molecule has 1 aromatic carbocycles. The molecular formula is C13H11BrFN3O2. The van der Waals surface area contributed by atoms with Gasteiger partial charge < -0.3 is 15.8 Å². The van der Waals surface area contributed by atoms with Crippen molar-refractivity contribution in [2.75, 3.05) is 18.2 Å². The monoisotopic (exact) mass is 339 g/mol. The minimum atomic E-state index is -0.562. The standard InChI is InChI=1S/C13H11BrFN3O2/c1-20-13(19)9-4-7(16)6-17-12(9)18-8-2-3-11(15)10(14)5-8/h2-6H,16H2,1H3,(H,17,18). The summed E-state index contributed by atoms with van der Waals surface area (Å²) in [6.07, 6.45) is 1.41. The molecule has 0 unspecified atom stereocenters. The van der Waals surface area contributed by atoms with Crippen molar-refractivity contribution in [2.45, 2.75) is 0 Å². The summed E-state index contributed by atoms with van der Waals surface area (Å²) in [6, 6.07) is 5.81. The third kappa shape index (κ3) is 3.05. The molecule has 0 bridgehead atoms. The Morgan fingerprint density at radius 2 is 2.20 bits per heavy atom. The van der Waals surface area contributed by atoms with Crippen molar-refractivity contribution in [3.05, 3.63) is 46.3 Å². The van der Waals surface area contributed by atoms with Gasteiger partial charge >= 0.3 is 5.97 Å². The van der Waals surface area contributed by atoms with Crippen molar-refractivity contribution >= 4 is 39.1 Å². The second-order valence-corrected chi connectivity index (χ2v) is 4.76. The van der Waals surface area contributed by atoms with Crippen molar-refractivity contribution in [3.63, 3.8) is 0 Å². The first kappa shape index (κ1) is 14.3. The molecular weight excluding hydrogens is 329 g/mol. The van der Waals surface area contributed by atoms with Gasteiger partial charge in [-0.05, 0) is 40.2 Å². The van der Waals surface area contributed by atoms with Gasteiger partial charge in [-0.1, -0.05) is 0 Å². The molecule has 1 heterocycles. The topological polar surface area (TPSA) is 77.2 Å². The van der Waals surface area contributed by atoms with E-state index in [1.807, 2.05) is 0 Å². The number of halogens is 2. The molecule has 5 nitrogen and oxygen atoms in total. The largest absolute Gasteiger partial charge is 0.465 e. The van der Waals surface area contributed by atoms with Crippen molar-refractivity contribution in [1.82, 2.24) is 4.98 Å². The Hall–Kier alpha value is -2.15. The number of carbonyl (C=O) groups excluding carboxylic acids is 1. The minimum absolute atomic E-state index is 0.202. The average Bonchev–Trinajstić information content (AvgIpc) is 2.44. The number of aromatic nitrogens is 1. The van der Waals surface area contributed by atoms with Gasteiger partial charge in [0.05, 0.1) is 23.5 Å². The lowest BCUT2D eigenvalue weighted by molar-refractivity contribution is 0.0601. The second kappa shape index (κ2) is 5.87. The normalized spacial score (nSPS) is 10.2.